The topological polar surface area (TPSA) is 12.0 Å². The average Bonchev–Trinajstić information content (AvgIpc) is 3.12. The molecule has 1 atom stereocenters. The molecule has 106 valence electrons. The number of anilines is 1. The Balaban J connectivity index is 1.84. The van der Waals surface area contributed by atoms with E-state index in [1.165, 1.54) is 30.6 Å². The van der Waals surface area contributed by atoms with E-state index in [-0.39, 0.29) is 0 Å². The standard InChI is InChI=1S/C17H20ClNS/c1-12-8-9-14(11-15(12)18)19-17(13-5-2-3-6-13)16-7-4-10-20-16/h4,7-11,13,17,19H,2-3,5-6H2,1H3. The van der Waals surface area contributed by atoms with Crippen molar-refractivity contribution in [3.8, 4) is 0 Å². The third-order valence-electron chi connectivity index (χ3n) is 4.21. The smallest absolute Gasteiger partial charge is 0.0634 e. The van der Waals surface area contributed by atoms with E-state index < -0.39 is 0 Å². The van der Waals surface area contributed by atoms with Crippen LogP contribution in [-0.2, 0) is 0 Å². The molecular weight excluding hydrogens is 286 g/mol. The summed E-state index contributed by atoms with van der Waals surface area (Å²) in [6.07, 6.45) is 5.38. The summed E-state index contributed by atoms with van der Waals surface area (Å²) >= 11 is 8.09. The molecule has 1 nitrogen and oxygen atoms in total. The van der Waals surface area contributed by atoms with E-state index in [0.717, 1.165) is 22.2 Å². The second-order valence-corrected chi connectivity index (χ2v) is 7.03. The van der Waals surface area contributed by atoms with Crippen molar-refractivity contribution in [1.82, 2.24) is 0 Å². The monoisotopic (exact) mass is 305 g/mol. The van der Waals surface area contributed by atoms with Crippen molar-refractivity contribution >= 4 is 28.6 Å². The van der Waals surface area contributed by atoms with Crippen LogP contribution in [0.2, 0.25) is 5.02 Å². The van der Waals surface area contributed by atoms with Gasteiger partial charge < -0.3 is 5.32 Å². The number of thiophene rings is 1. The first kappa shape index (κ1) is 14.0. The molecule has 2 aromatic rings. The molecule has 1 fully saturated rings. The molecule has 0 bridgehead atoms. The van der Waals surface area contributed by atoms with Gasteiger partial charge >= 0.3 is 0 Å². The van der Waals surface area contributed by atoms with Gasteiger partial charge in [-0.15, -0.1) is 11.3 Å². The number of aryl methyl sites for hydroxylation is 1. The van der Waals surface area contributed by atoms with Gasteiger partial charge in [0.05, 0.1) is 6.04 Å². The molecule has 1 saturated carbocycles. The fourth-order valence-electron chi connectivity index (χ4n) is 3.04. The number of hydrogen-bond acceptors (Lipinski definition) is 2. The van der Waals surface area contributed by atoms with E-state index in [2.05, 4.69) is 35.0 Å². The SMILES string of the molecule is Cc1ccc(NC(c2cccs2)C2CCCC2)cc1Cl. The fraction of sp³-hybridized carbons (Fsp3) is 0.412. The zero-order valence-corrected chi connectivity index (χ0v) is 13.3. The first-order valence-corrected chi connectivity index (χ1v) is 8.56. The normalized spacial score (nSPS) is 17.3. The highest BCUT2D eigenvalue weighted by atomic mass is 35.5. The number of benzene rings is 1. The Hall–Kier alpha value is -0.990. The summed E-state index contributed by atoms with van der Waals surface area (Å²) in [7, 11) is 0. The van der Waals surface area contributed by atoms with Gasteiger partial charge in [-0.1, -0.05) is 36.6 Å². The van der Waals surface area contributed by atoms with Crippen LogP contribution in [0, 0.1) is 12.8 Å². The zero-order valence-electron chi connectivity index (χ0n) is 11.7. The molecule has 1 aliphatic rings. The van der Waals surface area contributed by atoms with Crippen LogP contribution in [0.25, 0.3) is 0 Å². The molecule has 20 heavy (non-hydrogen) atoms. The largest absolute Gasteiger partial charge is 0.377 e. The zero-order chi connectivity index (χ0) is 13.9. The highest BCUT2D eigenvalue weighted by Gasteiger charge is 2.27. The predicted octanol–water partition coefficient (Wildman–Crippen LogP) is 6.05. The number of hydrogen-bond donors (Lipinski definition) is 1. The maximum absolute atomic E-state index is 6.24. The first-order chi connectivity index (χ1) is 9.74. The summed E-state index contributed by atoms with van der Waals surface area (Å²) in [5, 5.41) is 6.72. The molecule has 1 aromatic heterocycles. The Labute approximate surface area is 130 Å². The lowest BCUT2D eigenvalue weighted by atomic mass is 9.96. The Kier molecular flexibility index (Phi) is 4.32. The lowest BCUT2D eigenvalue weighted by molar-refractivity contribution is 0.475. The van der Waals surface area contributed by atoms with Crippen molar-refractivity contribution in [1.29, 1.82) is 0 Å². The van der Waals surface area contributed by atoms with Crippen LogP contribution in [0.5, 0.6) is 0 Å². The molecule has 3 rings (SSSR count). The molecule has 0 saturated heterocycles. The third kappa shape index (κ3) is 3.02. The summed E-state index contributed by atoms with van der Waals surface area (Å²) in [6, 6.07) is 11.1. The quantitative estimate of drug-likeness (QED) is 0.724. The lowest BCUT2D eigenvalue weighted by Crippen LogP contribution is -2.18. The fourth-order valence-corrected chi connectivity index (χ4v) is 4.09. The van der Waals surface area contributed by atoms with Gasteiger partial charge in [-0.3, -0.25) is 0 Å². The van der Waals surface area contributed by atoms with E-state index in [1.807, 2.05) is 24.3 Å². The van der Waals surface area contributed by atoms with Crippen LogP contribution < -0.4 is 5.32 Å². The van der Waals surface area contributed by atoms with E-state index in [4.69, 9.17) is 11.6 Å². The van der Waals surface area contributed by atoms with Gasteiger partial charge in [0.15, 0.2) is 0 Å². The molecule has 1 aliphatic carbocycles. The van der Waals surface area contributed by atoms with Gasteiger partial charge in [0.2, 0.25) is 0 Å². The second-order valence-electron chi connectivity index (χ2n) is 5.65. The minimum absolute atomic E-state index is 0.427. The maximum Gasteiger partial charge on any atom is 0.0634 e. The van der Waals surface area contributed by atoms with E-state index in [1.54, 1.807) is 0 Å². The van der Waals surface area contributed by atoms with Crippen molar-refractivity contribution < 1.29 is 0 Å². The molecule has 0 spiro atoms. The van der Waals surface area contributed by atoms with Crippen molar-refractivity contribution in [3.63, 3.8) is 0 Å². The summed E-state index contributed by atoms with van der Waals surface area (Å²) < 4.78 is 0. The van der Waals surface area contributed by atoms with Crippen LogP contribution in [0.3, 0.4) is 0 Å². The van der Waals surface area contributed by atoms with E-state index in [9.17, 15) is 0 Å². The Morgan fingerprint density at radius 1 is 1.25 bits per heavy atom. The molecule has 1 aromatic carbocycles. The lowest BCUT2D eigenvalue weighted by Gasteiger charge is -2.25. The Bertz CT molecular complexity index is 558. The van der Waals surface area contributed by atoms with E-state index >= 15 is 0 Å². The maximum atomic E-state index is 6.24. The van der Waals surface area contributed by atoms with Crippen LogP contribution in [0.4, 0.5) is 5.69 Å². The van der Waals surface area contributed by atoms with Gasteiger partial charge in [0.1, 0.15) is 0 Å². The summed E-state index contributed by atoms with van der Waals surface area (Å²) in [5.74, 6) is 0.744. The number of rotatable bonds is 4. The van der Waals surface area contributed by atoms with Crippen LogP contribution >= 0.6 is 22.9 Å². The molecule has 0 aliphatic heterocycles. The molecule has 3 heteroatoms. The number of halogens is 1. The molecule has 0 amide bonds. The van der Waals surface area contributed by atoms with Crippen LogP contribution in [0.15, 0.2) is 35.7 Å². The predicted molar refractivity (Wildman–Crippen MR) is 88.8 cm³/mol. The van der Waals surface area contributed by atoms with Crippen LogP contribution in [0.1, 0.15) is 42.2 Å². The van der Waals surface area contributed by atoms with Crippen molar-refractivity contribution in [2.24, 2.45) is 5.92 Å². The van der Waals surface area contributed by atoms with Crippen molar-refractivity contribution in [3.05, 3.63) is 51.2 Å². The van der Waals surface area contributed by atoms with Crippen molar-refractivity contribution in [2.45, 2.75) is 38.6 Å². The van der Waals surface area contributed by atoms with Gasteiger partial charge in [-0.25, -0.2) is 0 Å². The van der Waals surface area contributed by atoms with Crippen LogP contribution in [-0.4, -0.2) is 0 Å². The minimum atomic E-state index is 0.427. The number of nitrogens with one attached hydrogen (secondary N) is 1. The third-order valence-corrected chi connectivity index (χ3v) is 5.58. The van der Waals surface area contributed by atoms with Gasteiger partial charge in [-0.2, -0.15) is 0 Å². The average molecular weight is 306 g/mol. The molecule has 1 unspecified atom stereocenters. The van der Waals surface area contributed by atoms with Gasteiger partial charge in [0.25, 0.3) is 0 Å². The second kappa shape index (κ2) is 6.19. The summed E-state index contributed by atoms with van der Waals surface area (Å²) in [4.78, 5) is 1.44. The molecular formula is C17H20ClNS. The van der Waals surface area contributed by atoms with Crippen molar-refractivity contribution in [2.75, 3.05) is 5.32 Å². The highest BCUT2D eigenvalue weighted by molar-refractivity contribution is 7.10. The van der Waals surface area contributed by atoms with Gasteiger partial charge in [-0.05, 0) is 54.8 Å². The Morgan fingerprint density at radius 2 is 2.05 bits per heavy atom. The minimum Gasteiger partial charge on any atom is -0.377 e. The Morgan fingerprint density at radius 3 is 2.70 bits per heavy atom. The molecule has 0 radical (unpaired) electrons. The molecule has 1 heterocycles. The molecule has 1 N–H and O–H groups in total. The first-order valence-electron chi connectivity index (χ1n) is 7.30. The summed E-state index contributed by atoms with van der Waals surface area (Å²) in [5.41, 5.74) is 2.26. The van der Waals surface area contributed by atoms with Gasteiger partial charge in [0, 0.05) is 15.6 Å². The van der Waals surface area contributed by atoms with E-state index in [0.29, 0.717) is 6.04 Å². The highest BCUT2D eigenvalue weighted by Crippen LogP contribution is 2.39. The summed E-state index contributed by atoms with van der Waals surface area (Å²) in [6.45, 7) is 2.04.